The van der Waals surface area contributed by atoms with Crippen LogP contribution in [0.15, 0.2) is 10.9 Å². The minimum absolute atomic E-state index is 0.0619. The molecule has 0 radical (unpaired) electrons. The molecule has 0 aliphatic heterocycles. The smallest absolute Gasteiger partial charge is 0.267 e. The summed E-state index contributed by atoms with van der Waals surface area (Å²) in [6.07, 6.45) is 0. The first-order valence-corrected chi connectivity index (χ1v) is 6.16. The highest BCUT2D eigenvalue weighted by molar-refractivity contribution is 6.17. The molecule has 4 heteroatoms. The average Bonchev–Trinajstić information content (AvgIpc) is 2.20. The molecule has 3 nitrogen and oxygen atoms in total. The van der Waals surface area contributed by atoms with E-state index in [1.807, 2.05) is 6.07 Å². The summed E-state index contributed by atoms with van der Waals surface area (Å²) in [4.78, 5) is 11.9. The second-order valence-electron chi connectivity index (χ2n) is 4.76. The molecule has 0 spiro atoms. The first-order chi connectivity index (χ1) is 7.45. The summed E-state index contributed by atoms with van der Waals surface area (Å²) < 4.78 is 1.54. The summed E-state index contributed by atoms with van der Waals surface area (Å²) in [5, 5.41) is 4.37. The van der Waals surface area contributed by atoms with Crippen molar-refractivity contribution >= 4 is 11.6 Å². The van der Waals surface area contributed by atoms with E-state index in [2.05, 4.69) is 32.8 Å². The Morgan fingerprint density at radius 2 is 2.00 bits per heavy atom. The van der Waals surface area contributed by atoms with Gasteiger partial charge in [0.15, 0.2) is 0 Å². The highest BCUT2D eigenvalue weighted by Gasteiger charge is 2.10. The number of rotatable bonds is 4. The molecule has 1 aromatic rings. The number of hydrogen-bond donors (Lipinski definition) is 0. The second-order valence-corrected chi connectivity index (χ2v) is 5.03. The molecule has 0 atom stereocenters. The van der Waals surface area contributed by atoms with Crippen molar-refractivity contribution in [3.63, 3.8) is 0 Å². The van der Waals surface area contributed by atoms with Gasteiger partial charge < -0.3 is 0 Å². The first-order valence-electron chi connectivity index (χ1n) is 5.62. The highest BCUT2D eigenvalue weighted by Crippen LogP contribution is 2.12. The second kappa shape index (κ2) is 5.48. The fourth-order valence-corrected chi connectivity index (χ4v) is 1.66. The van der Waals surface area contributed by atoms with Gasteiger partial charge in [0.2, 0.25) is 0 Å². The van der Waals surface area contributed by atoms with Crippen molar-refractivity contribution in [3.8, 4) is 0 Å². The zero-order chi connectivity index (χ0) is 12.3. The lowest BCUT2D eigenvalue weighted by atomic mass is 10.1. The minimum Gasteiger partial charge on any atom is -0.267 e. The van der Waals surface area contributed by atoms with E-state index in [9.17, 15) is 4.79 Å². The van der Waals surface area contributed by atoms with E-state index >= 15 is 0 Å². The topological polar surface area (TPSA) is 34.9 Å². The molecule has 0 amide bonds. The Balaban J connectivity index is 3.24. The molecule has 1 heterocycles. The monoisotopic (exact) mass is 242 g/mol. The van der Waals surface area contributed by atoms with Crippen molar-refractivity contribution in [3.05, 3.63) is 27.7 Å². The van der Waals surface area contributed by atoms with Crippen molar-refractivity contribution in [1.29, 1.82) is 0 Å². The number of hydrogen-bond acceptors (Lipinski definition) is 2. The van der Waals surface area contributed by atoms with Gasteiger partial charge in [-0.25, -0.2) is 4.68 Å². The third-order valence-electron chi connectivity index (χ3n) is 2.34. The summed E-state index contributed by atoms with van der Waals surface area (Å²) in [6.45, 7) is 8.89. The van der Waals surface area contributed by atoms with Crippen LogP contribution in [0.25, 0.3) is 0 Å². The van der Waals surface area contributed by atoms with Crippen LogP contribution in [-0.4, -0.2) is 9.78 Å². The van der Waals surface area contributed by atoms with E-state index in [1.54, 1.807) is 0 Å². The third kappa shape index (κ3) is 3.08. The molecule has 0 bridgehead atoms. The van der Waals surface area contributed by atoms with Crippen LogP contribution >= 0.6 is 11.6 Å². The summed E-state index contributed by atoms with van der Waals surface area (Å²) >= 11 is 5.78. The molecule has 0 aromatic carbocycles. The first kappa shape index (κ1) is 13.2. The number of aromatic nitrogens is 2. The van der Waals surface area contributed by atoms with Crippen LogP contribution in [0.2, 0.25) is 0 Å². The van der Waals surface area contributed by atoms with Gasteiger partial charge in [0.05, 0.1) is 11.6 Å². The third-order valence-corrected chi connectivity index (χ3v) is 2.63. The predicted octanol–water partition coefficient (Wildman–Crippen LogP) is 2.76. The van der Waals surface area contributed by atoms with Gasteiger partial charge in [0.1, 0.15) is 0 Å². The standard InChI is InChI=1S/C12H19ClN2O/c1-8(2)7-15-12(16)10(6-13)5-11(14-15)9(3)4/h5,8-9H,6-7H2,1-4H3. The van der Waals surface area contributed by atoms with Crippen LogP contribution in [0, 0.1) is 5.92 Å². The maximum atomic E-state index is 11.9. The van der Waals surface area contributed by atoms with Gasteiger partial charge in [0.25, 0.3) is 5.56 Å². The van der Waals surface area contributed by atoms with E-state index < -0.39 is 0 Å². The van der Waals surface area contributed by atoms with Gasteiger partial charge in [-0.05, 0) is 17.9 Å². The largest absolute Gasteiger partial charge is 0.271 e. The highest BCUT2D eigenvalue weighted by atomic mass is 35.5. The number of nitrogens with zero attached hydrogens (tertiary/aromatic N) is 2. The quantitative estimate of drug-likeness (QED) is 0.761. The Morgan fingerprint density at radius 1 is 1.38 bits per heavy atom. The van der Waals surface area contributed by atoms with Crippen molar-refractivity contribution in [2.75, 3.05) is 0 Å². The van der Waals surface area contributed by atoms with Crippen LogP contribution in [0.3, 0.4) is 0 Å². The van der Waals surface area contributed by atoms with E-state index in [-0.39, 0.29) is 11.4 Å². The molecule has 0 fully saturated rings. The molecule has 1 rings (SSSR count). The summed E-state index contributed by atoms with van der Waals surface area (Å²) in [5.41, 5.74) is 1.50. The molecule has 90 valence electrons. The minimum atomic E-state index is -0.0619. The van der Waals surface area contributed by atoms with Crippen LogP contribution in [0.1, 0.15) is 44.9 Å². The van der Waals surface area contributed by atoms with Crippen molar-refractivity contribution in [1.82, 2.24) is 9.78 Å². The lowest BCUT2D eigenvalue weighted by Gasteiger charge is -2.12. The molecule has 16 heavy (non-hydrogen) atoms. The zero-order valence-electron chi connectivity index (χ0n) is 10.3. The maximum Gasteiger partial charge on any atom is 0.271 e. The van der Waals surface area contributed by atoms with E-state index in [0.717, 1.165) is 5.69 Å². The van der Waals surface area contributed by atoms with Crippen molar-refractivity contribution in [2.45, 2.75) is 46.0 Å². The molecule has 0 aliphatic rings. The van der Waals surface area contributed by atoms with Gasteiger partial charge in [-0.3, -0.25) is 4.79 Å². The Morgan fingerprint density at radius 3 is 2.44 bits per heavy atom. The van der Waals surface area contributed by atoms with E-state index in [0.29, 0.717) is 23.9 Å². The maximum absolute atomic E-state index is 11.9. The zero-order valence-corrected chi connectivity index (χ0v) is 11.1. The molecular formula is C12H19ClN2O. The normalized spacial score (nSPS) is 11.4. The molecule has 0 unspecified atom stereocenters. The van der Waals surface area contributed by atoms with Crippen LogP contribution in [-0.2, 0) is 12.4 Å². The Bertz CT molecular complexity index is 410. The summed E-state index contributed by atoms with van der Waals surface area (Å²) in [7, 11) is 0. The Labute approximate surface area is 101 Å². The van der Waals surface area contributed by atoms with Crippen molar-refractivity contribution in [2.24, 2.45) is 5.92 Å². The fraction of sp³-hybridized carbons (Fsp3) is 0.667. The molecular weight excluding hydrogens is 224 g/mol. The van der Waals surface area contributed by atoms with Crippen LogP contribution in [0.5, 0.6) is 0 Å². The lowest BCUT2D eigenvalue weighted by Crippen LogP contribution is -2.29. The molecule has 0 saturated carbocycles. The fourth-order valence-electron chi connectivity index (χ4n) is 1.47. The van der Waals surface area contributed by atoms with Crippen LogP contribution in [0.4, 0.5) is 0 Å². The Kier molecular flexibility index (Phi) is 4.54. The van der Waals surface area contributed by atoms with Gasteiger partial charge in [0, 0.05) is 12.1 Å². The lowest BCUT2D eigenvalue weighted by molar-refractivity contribution is 0.453. The number of alkyl halides is 1. The molecule has 1 aromatic heterocycles. The Hall–Kier alpha value is -0.830. The molecule has 0 aliphatic carbocycles. The molecule has 0 saturated heterocycles. The summed E-state index contributed by atoms with van der Waals surface area (Å²) in [5.74, 6) is 0.955. The summed E-state index contributed by atoms with van der Waals surface area (Å²) in [6, 6.07) is 1.82. The van der Waals surface area contributed by atoms with E-state index in [4.69, 9.17) is 11.6 Å². The van der Waals surface area contributed by atoms with E-state index in [1.165, 1.54) is 4.68 Å². The molecule has 0 N–H and O–H groups in total. The number of halogens is 1. The van der Waals surface area contributed by atoms with Gasteiger partial charge in [-0.2, -0.15) is 5.10 Å². The van der Waals surface area contributed by atoms with Crippen molar-refractivity contribution < 1.29 is 0 Å². The van der Waals surface area contributed by atoms with Crippen LogP contribution < -0.4 is 5.56 Å². The van der Waals surface area contributed by atoms with Gasteiger partial charge in [-0.1, -0.05) is 27.7 Å². The average molecular weight is 243 g/mol. The van der Waals surface area contributed by atoms with Gasteiger partial charge in [-0.15, -0.1) is 11.6 Å². The van der Waals surface area contributed by atoms with Gasteiger partial charge >= 0.3 is 0 Å². The predicted molar refractivity (Wildman–Crippen MR) is 67.0 cm³/mol. The SMILES string of the molecule is CC(C)Cn1nc(C(C)C)cc(CCl)c1=O.